The lowest BCUT2D eigenvalue weighted by Crippen LogP contribution is -2.38. The monoisotopic (exact) mass is 407 g/mol. The number of rotatable bonds is 4. The van der Waals surface area contributed by atoms with E-state index in [0.717, 1.165) is 43.0 Å². The number of phenols is 1. The van der Waals surface area contributed by atoms with Crippen LogP contribution in [0.1, 0.15) is 26.7 Å². The predicted octanol–water partition coefficient (Wildman–Crippen LogP) is 4.13. The number of aromatic amines is 1. The largest absolute Gasteiger partial charge is 0.507 e. The van der Waals surface area contributed by atoms with E-state index in [0.29, 0.717) is 29.1 Å². The van der Waals surface area contributed by atoms with Crippen molar-refractivity contribution in [3.05, 3.63) is 42.7 Å². The van der Waals surface area contributed by atoms with E-state index in [1.54, 1.807) is 18.5 Å². The lowest BCUT2D eigenvalue weighted by atomic mass is 9.92. The van der Waals surface area contributed by atoms with Crippen LogP contribution in [0.2, 0.25) is 0 Å². The second kappa shape index (κ2) is 8.83. The Labute approximate surface area is 177 Å². The zero-order valence-corrected chi connectivity index (χ0v) is 17.7. The van der Waals surface area contributed by atoms with Crippen molar-refractivity contribution in [2.24, 2.45) is 11.8 Å². The first-order valence-corrected chi connectivity index (χ1v) is 10.5. The standard InChI is InChI=1S/C23H29N5O2/c1-15-8-19(9-16(2)14-30-13-15)28(3)23-7-6-21(26-27-23)20-5-4-17(10-22(20)29)18-11-24-25-12-18/h4-7,10-12,15-16,19,29H,8-9,13-14H2,1-3H3,(H,24,25)/t15-,16+,19-. The molecular formula is C23H29N5O2. The van der Waals surface area contributed by atoms with Crippen molar-refractivity contribution in [1.29, 1.82) is 0 Å². The highest BCUT2D eigenvalue weighted by atomic mass is 16.5. The van der Waals surface area contributed by atoms with Crippen molar-refractivity contribution in [3.63, 3.8) is 0 Å². The summed E-state index contributed by atoms with van der Waals surface area (Å²) in [5.74, 6) is 2.05. The Morgan fingerprint density at radius 2 is 1.80 bits per heavy atom. The number of phenolic OH excluding ortho intramolecular Hbond substituents is 1. The number of H-pyrrole nitrogens is 1. The quantitative estimate of drug-likeness (QED) is 0.676. The van der Waals surface area contributed by atoms with Crippen molar-refractivity contribution in [2.45, 2.75) is 32.7 Å². The molecule has 30 heavy (non-hydrogen) atoms. The third-order valence-electron chi connectivity index (χ3n) is 5.82. The van der Waals surface area contributed by atoms with Gasteiger partial charge in [-0.25, -0.2) is 0 Å². The van der Waals surface area contributed by atoms with Crippen LogP contribution in [0.25, 0.3) is 22.4 Å². The molecule has 1 aliphatic heterocycles. The summed E-state index contributed by atoms with van der Waals surface area (Å²) in [5.41, 5.74) is 3.13. The number of nitrogens with one attached hydrogen (secondary N) is 1. The molecule has 0 aliphatic carbocycles. The molecule has 3 aromatic rings. The van der Waals surface area contributed by atoms with Gasteiger partial charge in [-0.15, -0.1) is 10.2 Å². The number of aromatic nitrogens is 4. The fraction of sp³-hybridized carbons (Fsp3) is 0.435. The van der Waals surface area contributed by atoms with Crippen LogP contribution in [-0.2, 0) is 4.74 Å². The zero-order valence-electron chi connectivity index (χ0n) is 17.7. The van der Waals surface area contributed by atoms with E-state index >= 15 is 0 Å². The topological polar surface area (TPSA) is 87.2 Å². The molecule has 0 unspecified atom stereocenters. The maximum atomic E-state index is 10.5. The Morgan fingerprint density at radius 1 is 1.03 bits per heavy atom. The second-order valence-electron chi connectivity index (χ2n) is 8.48. The molecule has 158 valence electrons. The summed E-state index contributed by atoms with van der Waals surface area (Å²) in [6.07, 6.45) is 5.66. The van der Waals surface area contributed by atoms with Gasteiger partial charge in [-0.05, 0) is 54.5 Å². The fourth-order valence-corrected chi connectivity index (χ4v) is 4.13. The van der Waals surface area contributed by atoms with E-state index in [2.05, 4.69) is 46.2 Å². The Balaban J connectivity index is 1.52. The third kappa shape index (κ3) is 4.46. The van der Waals surface area contributed by atoms with Crippen LogP contribution >= 0.6 is 0 Å². The van der Waals surface area contributed by atoms with Crippen LogP contribution in [0.3, 0.4) is 0 Å². The molecule has 0 radical (unpaired) electrons. The smallest absolute Gasteiger partial charge is 0.151 e. The van der Waals surface area contributed by atoms with Gasteiger partial charge in [0, 0.05) is 43.6 Å². The molecule has 0 amide bonds. The maximum Gasteiger partial charge on any atom is 0.151 e. The number of nitrogens with zero attached hydrogens (tertiary/aromatic N) is 4. The average Bonchev–Trinajstić information content (AvgIpc) is 3.26. The Kier molecular flexibility index (Phi) is 5.99. The molecule has 3 atom stereocenters. The van der Waals surface area contributed by atoms with Gasteiger partial charge in [-0.2, -0.15) is 5.10 Å². The summed E-state index contributed by atoms with van der Waals surface area (Å²) < 4.78 is 5.77. The first kappa shape index (κ1) is 20.3. The van der Waals surface area contributed by atoms with E-state index < -0.39 is 0 Å². The molecule has 7 nitrogen and oxygen atoms in total. The molecule has 1 fully saturated rings. The Morgan fingerprint density at radius 3 is 2.40 bits per heavy atom. The molecule has 1 aliphatic rings. The minimum absolute atomic E-state index is 0.173. The SMILES string of the molecule is C[C@@H]1COC[C@H](C)C[C@@H](N(C)c2ccc(-c3ccc(-c4cn[nH]c4)cc3O)nn2)C1. The molecule has 1 saturated heterocycles. The first-order chi connectivity index (χ1) is 14.5. The lowest BCUT2D eigenvalue weighted by Gasteiger charge is -2.34. The average molecular weight is 408 g/mol. The summed E-state index contributed by atoms with van der Waals surface area (Å²) in [6, 6.07) is 9.84. The van der Waals surface area contributed by atoms with Crippen LogP contribution in [0, 0.1) is 11.8 Å². The third-order valence-corrected chi connectivity index (χ3v) is 5.82. The molecule has 0 saturated carbocycles. The van der Waals surface area contributed by atoms with Crippen molar-refractivity contribution in [3.8, 4) is 28.1 Å². The van der Waals surface area contributed by atoms with E-state index in [1.165, 1.54) is 0 Å². The van der Waals surface area contributed by atoms with E-state index in [9.17, 15) is 5.11 Å². The molecule has 7 heteroatoms. The van der Waals surface area contributed by atoms with Gasteiger partial charge in [0.25, 0.3) is 0 Å². The predicted molar refractivity (Wildman–Crippen MR) is 117 cm³/mol. The highest BCUT2D eigenvalue weighted by Gasteiger charge is 2.24. The number of ether oxygens (including phenoxy) is 1. The van der Waals surface area contributed by atoms with Crippen molar-refractivity contribution < 1.29 is 9.84 Å². The van der Waals surface area contributed by atoms with Gasteiger partial charge in [-0.3, -0.25) is 5.10 Å². The Hall–Kier alpha value is -2.93. The zero-order chi connectivity index (χ0) is 21.1. The Bertz CT molecular complexity index is 946. The van der Waals surface area contributed by atoms with Gasteiger partial charge in [0.15, 0.2) is 5.82 Å². The summed E-state index contributed by atoms with van der Waals surface area (Å²) in [7, 11) is 2.09. The first-order valence-electron chi connectivity index (χ1n) is 10.5. The van der Waals surface area contributed by atoms with Gasteiger partial charge in [0.05, 0.1) is 11.9 Å². The minimum Gasteiger partial charge on any atom is -0.507 e. The van der Waals surface area contributed by atoms with Crippen molar-refractivity contribution >= 4 is 5.82 Å². The highest BCUT2D eigenvalue weighted by Crippen LogP contribution is 2.33. The normalized spacial score (nSPS) is 22.3. The summed E-state index contributed by atoms with van der Waals surface area (Å²) in [4.78, 5) is 2.23. The van der Waals surface area contributed by atoms with Gasteiger partial charge < -0.3 is 14.7 Å². The number of hydrogen-bond acceptors (Lipinski definition) is 6. The number of anilines is 1. The van der Waals surface area contributed by atoms with Gasteiger partial charge >= 0.3 is 0 Å². The van der Waals surface area contributed by atoms with Crippen molar-refractivity contribution in [1.82, 2.24) is 20.4 Å². The van der Waals surface area contributed by atoms with Crippen LogP contribution in [-0.4, -0.2) is 51.8 Å². The van der Waals surface area contributed by atoms with Gasteiger partial charge in [0.2, 0.25) is 0 Å². The minimum atomic E-state index is 0.173. The molecule has 2 N–H and O–H groups in total. The summed E-state index contributed by atoms with van der Waals surface area (Å²) >= 11 is 0. The molecule has 1 aromatic carbocycles. The highest BCUT2D eigenvalue weighted by molar-refractivity contribution is 5.73. The van der Waals surface area contributed by atoms with E-state index in [4.69, 9.17) is 4.74 Å². The summed E-state index contributed by atoms with van der Waals surface area (Å²) in [5, 5.41) is 26.1. The van der Waals surface area contributed by atoms with Crippen LogP contribution < -0.4 is 4.90 Å². The lowest BCUT2D eigenvalue weighted by molar-refractivity contribution is 0.0555. The second-order valence-corrected chi connectivity index (χ2v) is 8.48. The van der Waals surface area contributed by atoms with E-state index in [1.807, 2.05) is 24.3 Å². The van der Waals surface area contributed by atoms with Gasteiger partial charge in [-0.1, -0.05) is 19.9 Å². The summed E-state index contributed by atoms with van der Waals surface area (Å²) in [6.45, 7) is 6.10. The molecule has 3 heterocycles. The molecular weight excluding hydrogens is 378 g/mol. The number of aromatic hydroxyl groups is 1. The van der Waals surface area contributed by atoms with Crippen LogP contribution in [0.4, 0.5) is 5.82 Å². The van der Waals surface area contributed by atoms with E-state index in [-0.39, 0.29) is 5.75 Å². The van der Waals surface area contributed by atoms with Crippen LogP contribution in [0.5, 0.6) is 5.75 Å². The molecule has 0 bridgehead atoms. The van der Waals surface area contributed by atoms with Crippen LogP contribution in [0.15, 0.2) is 42.7 Å². The molecule has 0 spiro atoms. The fourth-order valence-electron chi connectivity index (χ4n) is 4.13. The van der Waals surface area contributed by atoms with Crippen molar-refractivity contribution in [2.75, 3.05) is 25.2 Å². The number of hydrogen-bond donors (Lipinski definition) is 2. The molecule has 2 aromatic heterocycles. The molecule has 4 rings (SSSR count). The maximum absolute atomic E-state index is 10.5. The van der Waals surface area contributed by atoms with Gasteiger partial charge in [0.1, 0.15) is 5.75 Å². The number of benzene rings is 1.